The van der Waals surface area contributed by atoms with Crippen LogP contribution in [0.1, 0.15) is 128 Å². The van der Waals surface area contributed by atoms with Crippen molar-refractivity contribution in [3.63, 3.8) is 0 Å². The van der Waals surface area contributed by atoms with Gasteiger partial charge >= 0.3 is 0 Å². The molecule has 2 aromatic rings. The Bertz CT molecular complexity index is 670. The molecule has 0 N–H and O–H groups in total. The summed E-state index contributed by atoms with van der Waals surface area (Å²) in [6.07, 6.45) is 24.6. The van der Waals surface area contributed by atoms with E-state index in [0.717, 1.165) is 0 Å². The summed E-state index contributed by atoms with van der Waals surface area (Å²) in [5.41, 5.74) is 3.01. The minimum atomic E-state index is 1.21. The maximum Gasteiger partial charge on any atom is 0.0737 e. The van der Waals surface area contributed by atoms with Crippen LogP contribution in [0, 0.1) is 0 Å². The van der Waals surface area contributed by atoms with Crippen molar-refractivity contribution in [2.75, 3.05) is 0 Å². The molecule has 0 amide bonds. The first kappa shape index (κ1) is 28.6. The minimum absolute atomic E-state index is 1.21. The lowest BCUT2D eigenvalue weighted by Gasteiger charge is -2.01. The normalized spacial score (nSPS) is 11.5. The lowest BCUT2D eigenvalue weighted by atomic mass is 10.0. The number of hydrogen-bond donors (Lipinski definition) is 0. The molecule has 0 bridgehead atoms. The second-order valence-corrected chi connectivity index (χ2v) is 14.0. The zero-order valence-electron chi connectivity index (χ0n) is 20.5. The molecular weight excluding hydrogens is 560 g/mol. The summed E-state index contributed by atoms with van der Waals surface area (Å²) in [6.45, 7) is 4.58. The Morgan fingerprint density at radius 1 is 0.500 bits per heavy atom. The van der Waals surface area contributed by atoms with Crippen LogP contribution in [0.15, 0.2) is 19.7 Å². The Morgan fingerprint density at radius 2 is 0.812 bits per heavy atom. The van der Waals surface area contributed by atoms with Gasteiger partial charge in [0, 0.05) is 9.75 Å². The van der Waals surface area contributed by atoms with Gasteiger partial charge in [-0.1, -0.05) is 104 Å². The van der Waals surface area contributed by atoms with Gasteiger partial charge in [0.25, 0.3) is 0 Å². The molecule has 0 atom stereocenters. The molecule has 0 saturated carbocycles. The highest BCUT2D eigenvalue weighted by atomic mass is 79.9. The van der Waals surface area contributed by atoms with Crippen LogP contribution in [-0.2, 0) is 12.8 Å². The van der Waals surface area contributed by atoms with Crippen LogP contribution in [0.5, 0.6) is 0 Å². The summed E-state index contributed by atoms with van der Waals surface area (Å²) >= 11 is 11.5. The van der Waals surface area contributed by atoms with Crippen LogP contribution in [0.2, 0.25) is 0 Å². The first-order valence-corrected chi connectivity index (χ1v) is 16.4. The van der Waals surface area contributed by atoms with Gasteiger partial charge in [-0.15, -0.1) is 22.7 Å². The molecular formula is C28H44Br2S2. The fourth-order valence-electron chi connectivity index (χ4n) is 4.30. The van der Waals surface area contributed by atoms with Crippen molar-refractivity contribution < 1.29 is 0 Å². The predicted molar refractivity (Wildman–Crippen MR) is 156 cm³/mol. The smallest absolute Gasteiger partial charge is 0.0737 e. The first-order valence-electron chi connectivity index (χ1n) is 13.2. The molecule has 32 heavy (non-hydrogen) atoms. The SMILES string of the molecule is CCCCCCCCCCc1cc(-c2cc(CCCCCCCCCC)c(Br)s2)sc1Br. The number of rotatable bonds is 19. The molecule has 2 heterocycles. The van der Waals surface area contributed by atoms with Gasteiger partial charge in [0.15, 0.2) is 0 Å². The molecule has 182 valence electrons. The molecule has 0 unspecified atom stereocenters. The Balaban J connectivity index is 1.71. The highest BCUT2D eigenvalue weighted by Crippen LogP contribution is 2.42. The standard InChI is InChI=1S/C28H44Br2S2/c1-3-5-7-9-11-13-15-17-19-23-21-25(31-27(23)29)26-22-24(28(30)32-26)20-18-16-14-12-10-8-6-4-2/h21-22H,3-20H2,1-2H3. The summed E-state index contributed by atoms with van der Waals surface area (Å²) in [6, 6.07) is 4.88. The Morgan fingerprint density at radius 3 is 1.16 bits per heavy atom. The van der Waals surface area contributed by atoms with Crippen molar-refractivity contribution in [2.45, 2.75) is 129 Å². The maximum absolute atomic E-state index is 3.84. The molecule has 2 aromatic heterocycles. The Kier molecular flexibility index (Phi) is 15.9. The van der Waals surface area contributed by atoms with Crippen molar-refractivity contribution in [3.8, 4) is 9.75 Å². The van der Waals surface area contributed by atoms with Gasteiger partial charge in [0.05, 0.1) is 7.57 Å². The first-order chi connectivity index (χ1) is 15.7. The molecule has 0 radical (unpaired) electrons. The van der Waals surface area contributed by atoms with Gasteiger partial charge in [-0.2, -0.15) is 0 Å². The van der Waals surface area contributed by atoms with Gasteiger partial charge in [-0.3, -0.25) is 0 Å². The third-order valence-corrected chi connectivity index (χ3v) is 10.5. The van der Waals surface area contributed by atoms with Crippen molar-refractivity contribution in [3.05, 3.63) is 30.8 Å². The fraction of sp³-hybridized carbons (Fsp3) is 0.714. The third kappa shape index (κ3) is 11.2. The molecule has 0 nitrogen and oxygen atoms in total. The highest BCUT2D eigenvalue weighted by Gasteiger charge is 2.13. The lowest BCUT2D eigenvalue weighted by Crippen LogP contribution is -1.85. The van der Waals surface area contributed by atoms with Crippen LogP contribution in [0.25, 0.3) is 9.75 Å². The molecule has 0 aromatic carbocycles. The van der Waals surface area contributed by atoms with E-state index in [0.29, 0.717) is 0 Å². The topological polar surface area (TPSA) is 0 Å². The molecule has 0 aliphatic heterocycles. The van der Waals surface area contributed by atoms with E-state index in [1.54, 1.807) is 0 Å². The van der Waals surface area contributed by atoms with Gasteiger partial charge in [0.2, 0.25) is 0 Å². The minimum Gasteiger partial charge on any atom is -0.127 e. The number of unbranched alkanes of at least 4 members (excludes halogenated alkanes) is 14. The van der Waals surface area contributed by atoms with E-state index in [9.17, 15) is 0 Å². The molecule has 0 saturated heterocycles. The zero-order chi connectivity index (χ0) is 23.0. The van der Waals surface area contributed by atoms with Crippen molar-refractivity contribution in [2.24, 2.45) is 0 Å². The van der Waals surface area contributed by atoms with E-state index >= 15 is 0 Å². The zero-order valence-corrected chi connectivity index (χ0v) is 25.3. The van der Waals surface area contributed by atoms with Crippen molar-refractivity contribution in [1.29, 1.82) is 0 Å². The van der Waals surface area contributed by atoms with Crippen LogP contribution >= 0.6 is 54.5 Å². The van der Waals surface area contributed by atoms with Gasteiger partial charge in [0.1, 0.15) is 0 Å². The number of aryl methyl sites for hydroxylation is 2. The van der Waals surface area contributed by atoms with E-state index in [1.807, 2.05) is 22.7 Å². The molecule has 2 rings (SSSR count). The van der Waals surface area contributed by atoms with Crippen LogP contribution in [-0.4, -0.2) is 0 Å². The van der Waals surface area contributed by atoms with E-state index in [-0.39, 0.29) is 0 Å². The Labute approximate surface area is 223 Å². The average Bonchev–Trinajstić information content (AvgIpc) is 3.34. The number of hydrogen-bond acceptors (Lipinski definition) is 2. The second-order valence-electron chi connectivity index (χ2n) is 9.27. The van der Waals surface area contributed by atoms with E-state index < -0.39 is 0 Å². The van der Waals surface area contributed by atoms with Gasteiger partial charge in [-0.05, 0) is 80.8 Å². The summed E-state index contributed by atoms with van der Waals surface area (Å²) < 4.78 is 2.68. The van der Waals surface area contributed by atoms with Crippen LogP contribution < -0.4 is 0 Å². The van der Waals surface area contributed by atoms with E-state index in [1.165, 1.54) is 144 Å². The van der Waals surface area contributed by atoms with E-state index in [4.69, 9.17) is 0 Å². The second kappa shape index (κ2) is 17.7. The van der Waals surface area contributed by atoms with Crippen LogP contribution in [0.3, 0.4) is 0 Å². The third-order valence-electron chi connectivity index (χ3n) is 6.36. The van der Waals surface area contributed by atoms with Crippen molar-refractivity contribution in [1.82, 2.24) is 0 Å². The summed E-state index contributed by atoms with van der Waals surface area (Å²) in [4.78, 5) is 2.86. The summed E-state index contributed by atoms with van der Waals surface area (Å²) in [5.74, 6) is 0. The molecule has 4 heteroatoms. The fourth-order valence-corrected chi connectivity index (χ4v) is 7.91. The molecule has 0 aliphatic carbocycles. The summed E-state index contributed by atoms with van der Waals surface area (Å²) in [5, 5.41) is 0. The van der Waals surface area contributed by atoms with Crippen molar-refractivity contribution >= 4 is 54.5 Å². The average molecular weight is 605 g/mol. The largest absolute Gasteiger partial charge is 0.127 e. The summed E-state index contributed by atoms with van der Waals surface area (Å²) in [7, 11) is 0. The monoisotopic (exact) mass is 602 g/mol. The van der Waals surface area contributed by atoms with E-state index in [2.05, 4.69) is 57.8 Å². The quantitative estimate of drug-likeness (QED) is 0.140. The molecule has 0 spiro atoms. The highest BCUT2D eigenvalue weighted by molar-refractivity contribution is 9.11. The number of thiophene rings is 2. The van der Waals surface area contributed by atoms with Crippen LogP contribution in [0.4, 0.5) is 0 Å². The lowest BCUT2D eigenvalue weighted by molar-refractivity contribution is 0.575. The van der Waals surface area contributed by atoms with Gasteiger partial charge < -0.3 is 0 Å². The van der Waals surface area contributed by atoms with Gasteiger partial charge in [-0.25, -0.2) is 0 Å². The maximum atomic E-state index is 3.84. The molecule has 0 fully saturated rings. The number of halogens is 2. The Hall–Kier alpha value is 0.360. The molecule has 0 aliphatic rings. The predicted octanol–water partition coefficient (Wildman–Crippen LogP) is 12.4.